The van der Waals surface area contributed by atoms with Gasteiger partial charge in [-0.05, 0) is 17.8 Å². The number of rotatable bonds is 2. The minimum atomic E-state index is 0.277. The summed E-state index contributed by atoms with van der Waals surface area (Å²) in [7, 11) is 1.81. The monoisotopic (exact) mass is 184 g/mol. The van der Waals surface area contributed by atoms with Gasteiger partial charge >= 0.3 is 0 Å². The number of nitrogens with one attached hydrogen (secondary N) is 1. The van der Waals surface area contributed by atoms with Crippen molar-refractivity contribution in [3.05, 3.63) is 0 Å². The Morgan fingerprint density at radius 3 is 1.92 bits per heavy atom. The Morgan fingerprint density at radius 2 is 1.62 bits per heavy atom. The van der Waals surface area contributed by atoms with Gasteiger partial charge in [0.25, 0.3) is 0 Å². The molecule has 0 heterocycles. The van der Waals surface area contributed by atoms with E-state index in [1.165, 1.54) is 0 Å². The molecule has 0 unspecified atom stereocenters. The molecule has 78 valence electrons. The fourth-order valence-corrected chi connectivity index (χ4v) is 0.693. The van der Waals surface area contributed by atoms with Crippen LogP contribution in [0.1, 0.15) is 41.5 Å². The van der Waals surface area contributed by atoms with Gasteiger partial charge in [0.15, 0.2) is 0 Å². The van der Waals surface area contributed by atoms with Gasteiger partial charge < -0.3 is 5.32 Å². The Bertz CT molecular complexity index is 185. The van der Waals surface area contributed by atoms with Crippen LogP contribution in [-0.2, 0) is 0 Å². The topological polar surface area (TPSA) is 24.4 Å². The van der Waals surface area contributed by atoms with Crippen molar-refractivity contribution in [2.75, 3.05) is 13.6 Å². The average molecular weight is 184 g/mol. The molecule has 0 amide bonds. The van der Waals surface area contributed by atoms with Crippen molar-refractivity contribution in [3.8, 4) is 0 Å². The van der Waals surface area contributed by atoms with Gasteiger partial charge in [-0.1, -0.05) is 34.6 Å². The van der Waals surface area contributed by atoms with Gasteiger partial charge in [-0.25, -0.2) is 0 Å². The number of hydrogen-bond acceptors (Lipinski definition) is 1. The highest BCUT2D eigenvalue weighted by Crippen LogP contribution is 2.36. The van der Waals surface area contributed by atoms with Crippen LogP contribution >= 0.6 is 0 Å². The molecular weight excluding hydrogens is 160 g/mol. The zero-order valence-electron chi connectivity index (χ0n) is 10.2. The Morgan fingerprint density at radius 1 is 1.15 bits per heavy atom. The smallest absolute Gasteiger partial charge is 0.0928 e. The lowest BCUT2D eigenvalue weighted by atomic mass is 9.69. The van der Waals surface area contributed by atoms with E-state index in [9.17, 15) is 0 Å². The third-order valence-corrected chi connectivity index (χ3v) is 3.15. The summed E-state index contributed by atoms with van der Waals surface area (Å²) in [4.78, 5) is 4.08. The van der Waals surface area contributed by atoms with Crippen LogP contribution in [0.15, 0.2) is 4.99 Å². The van der Waals surface area contributed by atoms with Gasteiger partial charge in [-0.2, -0.15) is 0 Å². The van der Waals surface area contributed by atoms with E-state index in [1.807, 2.05) is 14.0 Å². The van der Waals surface area contributed by atoms with Crippen molar-refractivity contribution in [1.29, 1.82) is 0 Å². The van der Waals surface area contributed by atoms with Crippen LogP contribution in [-0.4, -0.2) is 19.4 Å². The molecule has 1 N–H and O–H groups in total. The van der Waals surface area contributed by atoms with Crippen molar-refractivity contribution < 1.29 is 0 Å². The van der Waals surface area contributed by atoms with E-state index in [0.29, 0.717) is 5.41 Å². The molecule has 0 saturated heterocycles. The minimum absolute atomic E-state index is 0.277. The average Bonchev–Trinajstić information content (AvgIpc) is 1.98. The lowest BCUT2D eigenvalue weighted by Crippen LogP contribution is -2.41. The standard InChI is InChI=1S/C11H24N2/c1-9(12-7)13-8-11(5,6)10(2,3)4/h8H2,1-7H3,(H,12,13). The maximum Gasteiger partial charge on any atom is 0.0928 e. The molecule has 2 nitrogen and oxygen atoms in total. The molecule has 0 atom stereocenters. The first-order valence-electron chi connectivity index (χ1n) is 4.88. The molecule has 0 aromatic carbocycles. The molecule has 0 aliphatic rings. The fraction of sp³-hybridized carbons (Fsp3) is 0.909. The predicted molar refractivity (Wildman–Crippen MR) is 60.3 cm³/mol. The van der Waals surface area contributed by atoms with Crippen LogP contribution in [0, 0.1) is 10.8 Å². The molecule has 2 heteroatoms. The summed E-state index contributed by atoms with van der Waals surface area (Å²) in [5.41, 5.74) is 0.590. The van der Waals surface area contributed by atoms with E-state index < -0.39 is 0 Å². The van der Waals surface area contributed by atoms with Crippen molar-refractivity contribution >= 4 is 5.84 Å². The Kier molecular flexibility index (Phi) is 3.95. The van der Waals surface area contributed by atoms with E-state index in [1.54, 1.807) is 0 Å². The zero-order chi connectivity index (χ0) is 10.7. The molecule has 13 heavy (non-hydrogen) atoms. The van der Waals surface area contributed by atoms with Crippen LogP contribution in [0.5, 0.6) is 0 Å². The van der Waals surface area contributed by atoms with E-state index in [0.717, 1.165) is 12.4 Å². The molecular formula is C11H24N2. The molecule has 0 aliphatic heterocycles. The molecule has 0 saturated carbocycles. The van der Waals surface area contributed by atoms with E-state index in [-0.39, 0.29) is 5.41 Å². The Hall–Kier alpha value is -0.530. The zero-order valence-corrected chi connectivity index (χ0v) is 10.2. The van der Waals surface area contributed by atoms with Crippen LogP contribution in [0.2, 0.25) is 0 Å². The van der Waals surface area contributed by atoms with Crippen molar-refractivity contribution in [1.82, 2.24) is 5.32 Å². The Balaban J connectivity index is 4.20. The van der Waals surface area contributed by atoms with Crippen molar-refractivity contribution in [2.45, 2.75) is 41.5 Å². The van der Waals surface area contributed by atoms with Gasteiger partial charge in [0.1, 0.15) is 0 Å². The Labute approximate surface area is 82.8 Å². The minimum Gasteiger partial charge on any atom is -0.374 e. The SMILES string of the molecule is CN=C(C)NCC(C)(C)C(C)(C)C. The van der Waals surface area contributed by atoms with Gasteiger partial charge in [-0.15, -0.1) is 0 Å². The highest BCUT2D eigenvalue weighted by atomic mass is 15.0. The first-order valence-corrected chi connectivity index (χ1v) is 4.88. The van der Waals surface area contributed by atoms with E-state index in [4.69, 9.17) is 0 Å². The summed E-state index contributed by atoms with van der Waals surface area (Å²) < 4.78 is 0. The summed E-state index contributed by atoms with van der Waals surface area (Å²) in [6, 6.07) is 0. The van der Waals surface area contributed by atoms with Crippen LogP contribution < -0.4 is 5.32 Å². The summed E-state index contributed by atoms with van der Waals surface area (Å²) in [5, 5.41) is 3.33. The second kappa shape index (κ2) is 4.12. The number of aliphatic imine (C=N–C) groups is 1. The third kappa shape index (κ3) is 3.79. The third-order valence-electron chi connectivity index (χ3n) is 3.15. The second-order valence-corrected chi connectivity index (χ2v) is 5.30. The van der Waals surface area contributed by atoms with Crippen LogP contribution in [0.25, 0.3) is 0 Å². The summed E-state index contributed by atoms with van der Waals surface area (Å²) in [6.45, 7) is 14.3. The first kappa shape index (κ1) is 12.5. The normalized spacial score (nSPS) is 14.5. The maximum atomic E-state index is 4.08. The maximum absolute atomic E-state index is 4.08. The van der Waals surface area contributed by atoms with Crippen molar-refractivity contribution in [2.24, 2.45) is 15.8 Å². The number of amidine groups is 1. The molecule has 0 aliphatic carbocycles. The second-order valence-electron chi connectivity index (χ2n) is 5.30. The van der Waals surface area contributed by atoms with E-state index >= 15 is 0 Å². The number of hydrogen-bond donors (Lipinski definition) is 1. The van der Waals surface area contributed by atoms with Gasteiger partial charge in [0, 0.05) is 13.6 Å². The highest BCUT2D eigenvalue weighted by Gasteiger charge is 2.32. The quantitative estimate of drug-likeness (QED) is 0.518. The van der Waals surface area contributed by atoms with Crippen molar-refractivity contribution in [3.63, 3.8) is 0 Å². The summed E-state index contributed by atoms with van der Waals surface area (Å²) in [5.74, 6) is 1.01. The highest BCUT2D eigenvalue weighted by molar-refractivity contribution is 5.79. The number of nitrogens with zero attached hydrogens (tertiary/aromatic N) is 1. The largest absolute Gasteiger partial charge is 0.374 e. The molecule has 0 radical (unpaired) electrons. The lowest BCUT2D eigenvalue weighted by Gasteiger charge is -2.39. The predicted octanol–water partition coefficient (Wildman–Crippen LogP) is 2.70. The van der Waals surface area contributed by atoms with Crippen LogP contribution in [0.4, 0.5) is 0 Å². The molecule has 0 aromatic heterocycles. The molecule has 0 aromatic rings. The van der Waals surface area contributed by atoms with Gasteiger partial charge in [0.2, 0.25) is 0 Å². The van der Waals surface area contributed by atoms with Gasteiger partial charge in [-0.3, -0.25) is 4.99 Å². The van der Waals surface area contributed by atoms with E-state index in [2.05, 4.69) is 44.9 Å². The molecule has 0 spiro atoms. The first-order chi connectivity index (χ1) is 5.70. The van der Waals surface area contributed by atoms with Gasteiger partial charge in [0.05, 0.1) is 5.84 Å². The molecule has 0 bridgehead atoms. The molecule has 0 rings (SSSR count). The van der Waals surface area contributed by atoms with Crippen LogP contribution in [0.3, 0.4) is 0 Å². The summed E-state index contributed by atoms with van der Waals surface area (Å²) in [6.07, 6.45) is 0. The molecule has 0 fully saturated rings. The summed E-state index contributed by atoms with van der Waals surface area (Å²) >= 11 is 0. The lowest BCUT2D eigenvalue weighted by molar-refractivity contribution is 0.136. The fourth-order valence-electron chi connectivity index (χ4n) is 0.693.